The minimum atomic E-state index is -0.228. The highest BCUT2D eigenvalue weighted by Crippen LogP contribution is 2.42. The number of nitrogens with one attached hydrogen (secondary N) is 2. The number of nitrogens with zero attached hydrogens (tertiary/aromatic N) is 8. The smallest absolute Gasteiger partial charge is 0.317 e. The van der Waals surface area contributed by atoms with Gasteiger partial charge in [-0.1, -0.05) is 59.6 Å². The molecule has 0 unspecified atom stereocenters. The van der Waals surface area contributed by atoms with Crippen LogP contribution in [-0.2, 0) is 13.1 Å². The fourth-order valence-electron chi connectivity index (χ4n) is 6.49. The van der Waals surface area contributed by atoms with Gasteiger partial charge in [0, 0.05) is 98.1 Å². The van der Waals surface area contributed by atoms with E-state index in [1.807, 2.05) is 36.4 Å². The Morgan fingerprint density at radius 2 is 1.02 bits per heavy atom. The largest absolute Gasteiger partial charge is 0.336 e. The number of carbonyl (C=O) groups is 2. The fourth-order valence-corrected chi connectivity index (χ4v) is 7.17. The number of rotatable bonds is 9. The molecule has 2 aromatic carbocycles. The highest BCUT2D eigenvalue weighted by molar-refractivity contribution is 6.39. The Morgan fingerprint density at radius 3 is 1.42 bits per heavy atom. The zero-order valence-electron chi connectivity index (χ0n) is 26.6. The summed E-state index contributed by atoms with van der Waals surface area (Å²) in [7, 11) is 0. The lowest BCUT2D eigenvalue weighted by Crippen LogP contribution is -2.34. The van der Waals surface area contributed by atoms with E-state index in [0.29, 0.717) is 107 Å². The number of hydrogen-bond donors (Lipinski definition) is 2. The van der Waals surface area contributed by atoms with E-state index < -0.39 is 0 Å². The molecular formula is C34H30Cl2N10O4. The molecule has 0 aliphatic carbocycles. The van der Waals surface area contributed by atoms with Gasteiger partial charge < -0.3 is 20.4 Å². The predicted octanol–water partition coefficient (Wildman–Crippen LogP) is 3.66. The first-order valence-corrected chi connectivity index (χ1v) is 16.8. The van der Waals surface area contributed by atoms with Crippen molar-refractivity contribution in [3.8, 4) is 33.4 Å². The summed E-state index contributed by atoms with van der Waals surface area (Å²) < 4.78 is 6.05. The van der Waals surface area contributed by atoms with E-state index in [1.54, 1.807) is 34.3 Å². The number of amides is 4. The van der Waals surface area contributed by atoms with Crippen LogP contribution in [0.25, 0.3) is 44.4 Å². The maximum absolute atomic E-state index is 13.3. The minimum absolute atomic E-state index is 0.136. The quantitative estimate of drug-likeness (QED) is 0.234. The molecule has 6 aromatic rings. The first kappa shape index (κ1) is 31.7. The molecule has 2 aliphatic heterocycles. The number of urea groups is 2. The first-order valence-electron chi connectivity index (χ1n) is 16.1. The monoisotopic (exact) mass is 712 g/mol. The van der Waals surface area contributed by atoms with Gasteiger partial charge in [0.05, 0.1) is 10.0 Å². The summed E-state index contributed by atoms with van der Waals surface area (Å²) in [6.07, 6.45) is 6.46. The number of carbonyl (C=O) groups excluding carboxylic acids is 2. The highest BCUT2D eigenvalue weighted by atomic mass is 35.5. The van der Waals surface area contributed by atoms with Gasteiger partial charge in [0.15, 0.2) is 0 Å². The molecule has 0 atom stereocenters. The van der Waals surface area contributed by atoms with Crippen LogP contribution in [0.15, 0.2) is 83.2 Å². The van der Waals surface area contributed by atoms with Crippen LogP contribution in [0.3, 0.4) is 0 Å². The van der Waals surface area contributed by atoms with Crippen LogP contribution in [-0.4, -0.2) is 89.5 Å². The third kappa shape index (κ3) is 5.55. The molecule has 16 heteroatoms. The van der Waals surface area contributed by atoms with Crippen molar-refractivity contribution >= 4 is 46.3 Å². The molecule has 6 heterocycles. The summed E-state index contributed by atoms with van der Waals surface area (Å²) in [5.41, 5.74) is 4.49. The Morgan fingerprint density at radius 1 is 0.600 bits per heavy atom. The standard InChI is InChI=1S/C34H30Cl2N10O4/c35-29-23(21-15-27-31(47)43(19-39-45(27)17-21)13-11-41-9-7-37-33(41)49)3-1-5-25(29)26-6-2-4-24(30(26)36)22-16-28-32(48)44(20-40-46(28)18-22)14-12-42-10-8-38-34(42)50/h1-6,15-20H,7-14H2,(H,37,49)(H,38,50). The summed E-state index contributed by atoms with van der Waals surface area (Å²) in [4.78, 5) is 53.8. The van der Waals surface area contributed by atoms with E-state index in [1.165, 1.54) is 30.8 Å². The number of benzene rings is 2. The molecule has 2 N–H and O–H groups in total. The summed E-state index contributed by atoms with van der Waals surface area (Å²) in [6, 6.07) is 14.5. The van der Waals surface area contributed by atoms with E-state index in [2.05, 4.69) is 20.8 Å². The van der Waals surface area contributed by atoms with Gasteiger partial charge in [-0.25, -0.2) is 18.6 Å². The van der Waals surface area contributed by atoms with Gasteiger partial charge in [0.1, 0.15) is 23.7 Å². The molecule has 4 aromatic heterocycles. The van der Waals surface area contributed by atoms with E-state index >= 15 is 0 Å². The lowest BCUT2D eigenvalue weighted by Gasteiger charge is -2.14. The molecule has 50 heavy (non-hydrogen) atoms. The summed E-state index contributed by atoms with van der Waals surface area (Å²) in [5, 5.41) is 15.3. The molecule has 8 rings (SSSR count). The van der Waals surface area contributed by atoms with Gasteiger partial charge in [-0.05, 0) is 12.1 Å². The van der Waals surface area contributed by atoms with Gasteiger partial charge in [0.25, 0.3) is 11.1 Å². The second-order valence-electron chi connectivity index (χ2n) is 12.1. The molecule has 0 bridgehead atoms. The Balaban J connectivity index is 1.08. The maximum atomic E-state index is 13.3. The van der Waals surface area contributed by atoms with Gasteiger partial charge in [0.2, 0.25) is 0 Å². The first-order chi connectivity index (χ1) is 24.3. The lowest BCUT2D eigenvalue weighted by atomic mass is 9.97. The second kappa shape index (κ2) is 12.7. The van der Waals surface area contributed by atoms with Crippen LogP contribution >= 0.6 is 23.2 Å². The summed E-state index contributed by atoms with van der Waals surface area (Å²) in [6.45, 7) is 3.84. The van der Waals surface area contributed by atoms with Crippen molar-refractivity contribution in [3.63, 3.8) is 0 Å². The average molecular weight is 714 g/mol. The highest BCUT2D eigenvalue weighted by Gasteiger charge is 2.22. The third-order valence-electron chi connectivity index (χ3n) is 9.21. The zero-order valence-corrected chi connectivity index (χ0v) is 28.1. The molecule has 14 nitrogen and oxygen atoms in total. The second-order valence-corrected chi connectivity index (χ2v) is 12.9. The minimum Gasteiger partial charge on any atom is -0.336 e. The SMILES string of the molecule is O=C1NCCN1CCn1cnn2cc(-c3cccc(-c4cccc(-c5cc6c(=O)n(CCN7CCNC7=O)cnn6c5)c4Cl)c3Cl)cc2c1=O. The van der Waals surface area contributed by atoms with E-state index in [0.717, 1.165) is 0 Å². The number of fused-ring (bicyclic) bond motifs is 2. The Hall–Kier alpha value is -5.60. The topological polar surface area (TPSA) is 143 Å². The van der Waals surface area contributed by atoms with Crippen LogP contribution in [0.2, 0.25) is 10.0 Å². The summed E-state index contributed by atoms with van der Waals surface area (Å²) >= 11 is 14.1. The lowest BCUT2D eigenvalue weighted by molar-refractivity contribution is 0.214. The van der Waals surface area contributed by atoms with Crippen LogP contribution in [0, 0.1) is 0 Å². The van der Waals surface area contributed by atoms with Crippen molar-refractivity contribution < 1.29 is 9.59 Å². The number of halogens is 2. The molecule has 2 fully saturated rings. The Labute approximate surface area is 294 Å². The molecule has 0 radical (unpaired) electrons. The van der Waals surface area contributed by atoms with Crippen LogP contribution < -0.4 is 21.8 Å². The van der Waals surface area contributed by atoms with Crippen LogP contribution in [0.1, 0.15) is 0 Å². The summed E-state index contributed by atoms with van der Waals surface area (Å²) in [5.74, 6) is 0. The molecule has 4 amide bonds. The van der Waals surface area contributed by atoms with Crippen molar-refractivity contribution in [1.29, 1.82) is 0 Å². The van der Waals surface area contributed by atoms with Gasteiger partial charge in [-0.3, -0.25) is 18.7 Å². The van der Waals surface area contributed by atoms with Crippen molar-refractivity contribution in [1.82, 2.24) is 48.8 Å². The Kier molecular flexibility index (Phi) is 8.04. The maximum Gasteiger partial charge on any atom is 0.317 e. The molecule has 0 spiro atoms. The van der Waals surface area contributed by atoms with E-state index in [4.69, 9.17) is 23.2 Å². The van der Waals surface area contributed by atoms with Crippen molar-refractivity contribution in [2.45, 2.75) is 13.1 Å². The number of hydrogen-bond acceptors (Lipinski definition) is 6. The fraction of sp³-hybridized carbons (Fsp3) is 0.235. The van der Waals surface area contributed by atoms with E-state index in [-0.39, 0.29) is 23.2 Å². The van der Waals surface area contributed by atoms with Crippen molar-refractivity contribution in [2.75, 3.05) is 39.3 Å². The van der Waals surface area contributed by atoms with Crippen LogP contribution in [0.4, 0.5) is 9.59 Å². The zero-order chi connectivity index (χ0) is 34.5. The van der Waals surface area contributed by atoms with E-state index in [9.17, 15) is 19.2 Å². The van der Waals surface area contributed by atoms with Crippen LogP contribution in [0.5, 0.6) is 0 Å². The molecule has 2 saturated heterocycles. The van der Waals surface area contributed by atoms with Gasteiger partial charge in [-0.2, -0.15) is 10.2 Å². The molecule has 254 valence electrons. The normalized spacial score (nSPS) is 14.7. The number of aromatic nitrogens is 6. The Bertz CT molecular complexity index is 2280. The molecule has 0 saturated carbocycles. The average Bonchev–Trinajstić information content (AvgIpc) is 3.92. The molecular weight excluding hydrogens is 683 g/mol. The van der Waals surface area contributed by atoms with Crippen molar-refractivity contribution in [3.05, 3.63) is 104 Å². The van der Waals surface area contributed by atoms with Gasteiger partial charge >= 0.3 is 12.1 Å². The molecule has 2 aliphatic rings. The third-order valence-corrected chi connectivity index (χ3v) is 10.0. The van der Waals surface area contributed by atoms with Gasteiger partial charge in [-0.15, -0.1) is 0 Å². The van der Waals surface area contributed by atoms with Crippen molar-refractivity contribution in [2.24, 2.45) is 0 Å². The predicted molar refractivity (Wildman–Crippen MR) is 189 cm³/mol.